The van der Waals surface area contributed by atoms with Crippen LogP contribution in [-0.4, -0.2) is 52.8 Å². The third kappa shape index (κ3) is 2.89. The molecule has 136 valence electrons. The standard InChI is InChI=1S/C20H23N3O3/c1-3-26-20-17(24)7-6-15-18(20)13-5-4-12(25-2)10-14(13)19(23-15)16-11-21-8-9-22-16/h4-5,8-11,15,17-18,20,24H,3,6-7H2,1-2H3/t15-,17-,18-,20?/m1/s1. The van der Waals surface area contributed by atoms with E-state index in [-0.39, 0.29) is 18.1 Å². The largest absolute Gasteiger partial charge is 0.497 e. The second-order valence-corrected chi connectivity index (χ2v) is 6.68. The van der Waals surface area contributed by atoms with Gasteiger partial charge in [-0.1, -0.05) is 6.07 Å². The van der Waals surface area contributed by atoms with Crippen molar-refractivity contribution >= 4 is 5.71 Å². The Morgan fingerprint density at radius 3 is 2.85 bits per heavy atom. The van der Waals surface area contributed by atoms with Crippen molar-refractivity contribution in [2.45, 2.75) is 43.9 Å². The summed E-state index contributed by atoms with van der Waals surface area (Å²) in [7, 11) is 1.65. The lowest BCUT2D eigenvalue weighted by molar-refractivity contribution is -0.0714. The summed E-state index contributed by atoms with van der Waals surface area (Å²) in [4.78, 5) is 13.7. The molecule has 6 nitrogen and oxygen atoms in total. The SMILES string of the molecule is CCOC1[C@H](O)CC[C@H]2N=C(c3cnccn3)c3cc(OC)ccc3[C@@H]12. The average molecular weight is 353 g/mol. The van der Waals surface area contributed by atoms with Crippen molar-refractivity contribution in [2.75, 3.05) is 13.7 Å². The lowest BCUT2D eigenvalue weighted by atomic mass is 9.72. The number of aliphatic hydroxyl groups is 1. The zero-order chi connectivity index (χ0) is 18.1. The highest BCUT2D eigenvalue weighted by molar-refractivity contribution is 6.13. The van der Waals surface area contributed by atoms with Crippen molar-refractivity contribution in [3.05, 3.63) is 53.6 Å². The number of hydrogen-bond donors (Lipinski definition) is 1. The van der Waals surface area contributed by atoms with Crippen LogP contribution in [-0.2, 0) is 4.74 Å². The summed E-state index contributed by atoms with van der Waals surface area (Å²) < 4.78 is 11.4. The molecule has 0 radical (unpaired) electrons. The predicted octanol–water partition coefficient (Wildman–Crippen LogP) is 2.35. The molecule has 1 saturated carbocycles. The Bertz CT molecular complexity index is 809. The molecule has 1 unspecified atom stereocenters. The van der Waals surface area contributed by atoms with E-state index in [4.69, 9.17) is 14.5 Å². The Hall–Kier alpha value is -2.31. The molecule has 1 aliphatic heterocycles. The van der Waals surface area contributed by atoms with Gasteiger partial charge < -0.3 is 14.6 Å². The van der Waals surface area contributed by atoms with E-state index < -0.39 is 6.10 Å². The maximum absolute atomic E-state index is 10.5. The first kappa shape index (κ1) is 17.1. The summed E-state index contributed by atoms with van der Waals surface area (Å²) in [5, 5.41) is 10.5. The maximum Gasteiger partial charge on any atom is 0.119 e. The molecule has 1 N–H and O–H groups in total. The number of hydrogen-bond acceptors (Lipinski definition) is 6. The molecule has 1 aromatic carbocycles. The van der Waals surface area contributed by atoms with E-state index >= 15 is 0 Å². The third-order valence-corrected chi connectivity index (χ3v) is 5.24. The van der Waals surface area contributed by atoms with E-state index in [1.807, 2.05) is 19.1 Å². The highest BCUT2D eigenvalue weighted by Crippen LogP contribution is 2.43. The monoisotopic (exact) mass is 353 g/mol. The molecule has 1 aliphatic carbocycles. The van der Waals surface area contributed by atoms with Crippen LogP contribution in [0.4, 0.5) is 0 Å². The molecule has 26 heavy (non-hydrogen) atoms. The van der Waals surface area contributed by atoms with E-state index in [0.717, 1.165) is 34.7 Å². The molecule has 4 rings (SSSR count). The van der Waals surface area contributed by atoms with E-state index in [9.17, 15) is 5.11 Å². The molecule has 6 heteroatoms. The summed E-state index contributed by atoms with van der Waals surface area (Å²) >= 11 is 0. The van der Waals surface area contributed by atoms with Crippen molar-refractivity contribution in [1.29, 1.82) is 0 Å². The minimum Gasteiger partial charge on any atom is -0.497 e. The van der Waals surface area contributed by atoms with Gasteiger partial charge in [0.25, 0.3) is 0 Å². The van der Waals surface area contributed by atoms with Gasteiger partial charge in [-0.3, -0.25) is 15.0 Å². The highest BCUT2D eigenvalue weighted by Gasteiger charge is 2.44. The van der Waals surface area contributed by atoms with Crippen LogP contribution in [0.5, 0.6) is 5.75 Å². The summed E-state index contributed by atoms with van der Waals surface area (Å²) in [6.45, 7) is 2.53. The molecular formula is C20H23N3O3. The Morgan fingerprint density at radius 2 is 2.12 bits per heavy atom. The van der Waals surface area contributed by atoms with Gasteiger partial charge in [-0.25, -0.2) is 0 Å². The number of fused-ring (bicyclic) bond motifs is 3. The molecular weight excluding hydrogens is 330 g/mol. The summed E-state index contributed by atoms with van der Waals surface area (Å²) in [5.74, 6) is 0.795. The molecule has 0 spiro atoms. The highest BCUT2D eigenvalue weighted by atomic mass is 16.5. The van der Waals surface area contributed by atoms with Gasteiger partial charge in [0.2, 0.25) is 0 Å². The predicted molar refractivity (Wildman–Crippen MR) is 97.8 cm³/mol. The van der Waals surface area contributed by atoms with Gasteiger partial charge in [-0.05, 0) is 37.5 Å². The summed E-state index contributed by atoms with van der Waals surface area (Å²) in [5.41, 5.74) is 3.69. The molecule has 2 aliphatic rings. The van der Waals surface area contributed by atoms with Crippen molar-refractivity contribution in [1.82, 2.24) is 9.97 Å². The number of aromatic nitrogens is 2. The van der Waals surface area contributed by atoms with Gasteiger partial charge in [-0.15, -0.1) is 0 Å². The van der Waals surface area contributed by atoms with Gasteiger partial charge >= 0.3 is 0 Å². The minimum atomic E-state index is -0.473. The normalized spacial score (nSPS) is 27.3. The molecule has 0 bridgehead atoms. The smallest absolute Gasteiger partial charge is 0.119 e. The molecule has 0 amide bonds. The Kier molecular flexibility index (Phi) is 4.70. The van der Waals surface area contributed by atoms with Crippen LogP contribution < -0.4 is 4.74 Å². The van der Waals surface area contributed by atoms with Crippen molar-refractivity contribution < 1.29 is 14.6 Å². The number of aliphatic imine (C=N–C) groups is 1. The van der Waals surface area contributed by atoms with Crippen LogP contribution in [0.1, 0.15) is 42.5 Å². The van der Waals surface area contributed by atoms with Gasteiger partial charge in [-0.2, -0.15) is 0 Å². The summed E-state index contributed by atoms with van der Waals surface area (Å²) in [6.07, 6.45) is 5.86. The zero-order valence-corrected chi connectivity index (χ0v) is 15.0. The molecule has 1 fully saturated rings. The van der Waals surface area contributed by atoms with Crippen molar-refractivity contribution in [2.24, 2.45) is 4.99 Å². The van der Waals surface area contributed by atoms with E-state index in [2.05, 4.69) is 16.0 Å². The van der Waals surface area contributed by atoms with E-state index in [1.54, 1.807) is 25.7 Å². The van der Waals surface area contributed by atoms with Crippen LogP contribution in [0.2, 0.25) is 0 Å². The third-order valence-electron chi connectivity index (χ3n) is 5.24. The maximum atomic E-state index is 10.5. The molecule has 1 aromatic heterocycles. The minimum absolute atomic E-state index is 0.0278. The second kappa shape index (κ2) is 7.13. The fourth-order valence-electron chi connectivity index (χ4n) is 4.10. The van der Waals surface area contributed by atoms with Crippen LogP contribution in [0, 0.1) is 0 Å². The first-order valence-corrected chi connectivity index (χ1v) is 9.05. The summed E-state index contributed by atoms with van der Waals surface area (Å²) in [6, 6.07) is 6.08. The van der Waals surface area contributed by atoms with E-state index in [1.165, 1.54) is 0 Å². The molecule has 0 saturated heterocycles. The van der Waals surface area contributed by atoms with Crippen LogP contribution in [0.15, 0.2) is 41.8 Å². The quantitative estimate of drug-likeness (QED) is 0.913. The molecule has 2 aromatic rings. The lowest BCUT2D eigenvalue weighted by Gasteiger charge is -2.42. The van der Waals surface area contributed by atoms with E-state index in [0.29, 0.717) is 13.0 Å². The Labute approximate surface area is 152 Å². The van der Waals surface area contributed by atoms with Gasteiger partial charge in [0.05, 0.1) is 37.3 Å². The van der Waals surface area contributed by atoms with Gasteiger partial charge in [0.1, 0.15) is 11.4 Å². The number of aliphatic hydroxyl groups excluding tert-OH is 1. The first-order chi connectivity index (χ1) is 12.7. The fraction of sp³-hybridized carbons (Fsp3) is 0.450. The zero-order valence-electron chi connectivity index (χ0n) is 15.0. The number of nitrogens with zero attached hydrogens (tertiary/aromatic N) is 3. The topological polar surface area (TPSA) is 76.8 Å². The van der Waals surface area contributed by atoms with Crippen LogP contribution in [0.3, 0.4) is 0 Å². The lowest BCUT2D eigenvalue weighted by Crippen LogP contribution is -2.47. The second-order valence-electron chi connectivity index (χ2n) is 6.68. The average Bonchev–Trinajstić information content (AvgIpc) is 2.69. The fourth-order valence-corrected chi connectivity index (χ4v) is 4.10. The number of methoxy groups -OCH3 is 1. The number of benzene rings is 1. The number of ether oxygens (including phenoxy) is 2. The first-order valence-electron chi connectivity index (χ1n) is 9.05. The van der Waals surface area contributed by atoms with Gasteiger partial charge in [0, 0.05) is 30.5 Å². The molecule has 4 atom stereocenters. The van der Waals surface area contributed by atoms with Crippen LogP contribution >= 0.6 is 0 Å². The van der Waals surface area contributed by atoms with Crippen molar-refractivity contribution in [3.8, 4) is 5.75 Å². The molecule has 2 heterocycles. The van der Waals surface area contributed by atoms with Gasteiger partial charge in [0.15, 0.2) is 0 Å². The number of rotatable bonds is 4. The Morgan fingerprint density at radius 1 is 1.23 bits per heavy atom. The van der Waals surface area contributed by atoms with Crippen molar-refractivity contribution in [3.63, 3.8) is 0 Å². The Balaban J connectivity index is 1.86. The van der Waals surface area contributed by atoms with Crippen LogP contribution in [0.25, 0.3) is 0 Å².